The van der Waals surface area contributed by atoms with Crippen LogP contribution in [0.3, 0.4) is 0 Å². The van der Waals surface area contributed by atoms with Crippen molar-refractivity contribution in [2.24, 2.45) is 0 Å². The molecule has 0 aliphatic carbocycles. The average Bonchev–Trinajstić information content (AvgIpc) is 2.85. The molecule has 0 aliphatic rings. The molecule has 0 bridgehead atoms. The van der Waals surface area contributed by atoms with Crippen LogP contribution in [-0.4, -0.2) is 4.98 Å². The van der Waals surface area contributed by atoms with E-state index in [9.17, 15) is 0 Å². The van der Waals surface area contributed by atoms with Crippen molar-refractivity contribution in [1.29, 1.82) is 5.26 Å². The maximum absolute atomic E-state index is 8.73. The van der Waals surface area contributed by atoms with Gasteiger partial charge in [0, 0.05) is 16.0 Å². The van der Waals surface area contributed by atoms with Gasteiger partial charge in [0.1, 0.15) is 11.9 Å². The third kappa shape index (κ3) is 2.79. The van der Waals surface area contributed by atoms with Crippen LogP contribution in [0.1, 0.15) is 22.2 Å². The van der Waals surface area contributed by atoms with Crippen LogP contribution in [0.2, 0.25) is 0 Å². The summed E-state index contributed by atoms with van der Waals surface area (Å²) >= 11 is 1.78. The Morgan fingerprint density at radius 1 is 1.44 bits per heavy atom. The number of hydrogen-bond donors (Lipinski definition) is 2. The van der Waals surface area contributed by atoms with Crippen molar-refractivity contribution in [1.82, 2.24) is 4.98 Å². The number of nitrogen functional groups attached to an aromatic ring is 1. The molecular formula is C13H14N4S. The highest BCUT2D eigenvalue weighted by Crippen LogP contribution is 2.20. The zero-order valence-electron chi connectivity index (χ0n) is 10.1. The maximum Gasteiger partial charge on any atom is 0.149 e. The summed E-state index contributed by atoms with van der Waals surface area (Å²) in [6.07, 6.45) is 2.58. The Balaban J connectivity index is 2.04. The van der Waals surface area contributed by atoms with Crippen molar-refractivity contribution < 1.29 is 0 Å². The molecular weight excluding hydrogens is 244 g/mol. The van der Waals surface area contributed by atoms with Crippen LogP contribution in [0.15, 0.2) is 24.4 Å². The molecule has 18 heavy (non-hydrogen) atoms. The Morgan fingerprint density at radius 3 is 2.83 bits per heavy atom. The van der Waals surface area contributed by atoms with Crippen LogP contribution in [-0.2, 0) is 13.0 Å². The smallest absolute Gasteiger partial charge is 0.149 e. The van der Waals surface area contributed by atoms with Crippen molar-refractivity contribution in [2.45, 2.75) is 19.9 Å². The molecule has 0 atom stereocenters. The summed E-state index contributed by atoms with van der Waals surface area (Å²) in [5, 5.41) is 11.9. The molecule has 0 fully saturated rings. The van der Waals surface area contributed by atoms with Crippen LogP contribution >= 0.6 is 11.3 Å². The van der Waals surface area contributed by atoms with E-state index in [1.54, 1.807) is 17.4 Å². The quantitative estimate of drug-likeness (QED) is 0.884. The highest BCUT2D eigenvalue weighted by Gasteiger charge is 2.03. The standard InChI is InChI=1S/C13H14N4S/c1-2-10-3-4-11(18-10)8-17-13-12(15)5-9(6-14)7-16-13/h3-5,7H,2,8,15H2,1H3,(H,16,17). The first-order valence-corrected chi connectivity index (χ1v) is 6.51. The lowest BCUT2D eigenvalue weighted by atomic mass is 10.3. The van der Waals surface area contributed by atoms with E-state index in [4.69, 9.17) is 11.0 Å². The topological polar surface area (TPSA) is 74.7 Å². The van der Waals surface area contributed by atoms with E-state index < -0.39 is 0 Å². The Labute approximate surface area is 110 Å². The Kier molecular flexibility index (Phi) is 3.80. The van der Waals surface area contributed by atoms with Gasteiger partial charge in [-0.3, -0.25) is 0 Å². The normalized spacial score (nSPS) is 10.0. The van der Waals surface area contributed by atoms with E-state index in [0.29, 0.717) is 23.6 Å². The van der Waals surface area contributed by atoms with Gasteiger partial charge < -0.3 is 11.1 Å². The molecule has 4 nitrogen and oxygen atoms in total. The van der Waals surface area contributed by atoms with Crippen LogP contribution in [0, 0.1) is 11.3 Å². The van der Waals surface area contributed by atoms with Crippen molar-refractivity contribution in [3.8, 4) is 6.07 Å². The lowest BCUT2D eigenvalue weighted by Gasteiger charge is -2.06. The van der Waals surface area contributed by atoms with Crippen molar-refractivity contribution in [3.05, 3.63) is 39.7 Å². The number of pyridine rings is 1. The number of thiophene rings is 1. The molecule has 0 aliphatic heterocycles. The minimum absolute atomic E-state index is 0.474. The Bertz CT molecular complexity index is 583. The minimum atomic E-state index is 0.474. The van der Waals surface area contributed by atoms with E-state index in [-0.39, 0.29) is 0 Å². The second kappa shape index (κ2) is 5.52. The number of hydrogen-bond acceptors (Lipinski definition) is 5. The first-order valence-electron chi connectivity index (χ1n) is 5.70. The molecule has 2 aromatic rings. The molecule has 0 saturated carbocycles. The summed E-state index contributed by atoms with van der Waals surface area (Å²) in [6, 6.07) is 7.88. The first kappa shape index (κ1) is 12.4. The largest absolute Gasteiger partial charge is 0.396 e. The molecule has 92 valence electrons. The summed E-state index contributed by atoms with van der Waals surface area (Å²) in [5.41, 5.74) is 6.80. The molecule has 0 aromatic carbocycles. The van der Waals surface area contributed by atoms with Gasteiger partial charge >= 0.3 is 0 Å². The molecule has 0 saturated heterocycles. The second-order valence-electron chi connectivity index (χ2n) is 3.85. The summed E-state index contributed by atoms with van der Waals surface area (Å²) in [5.74, 6) is 0.625. The first-order chi connectivity index (χ1) is 8.72. The van der Waals surface area contributed by atoms with E-state index >= 15 is 0 Å². The number of nitrogens with one attached hydrogen (secondary N) is 1. The minimum Gasteiger partial charge on any atom is -0.396 e. The van der Waals surface area contributed by atoms with Crippen LogP contribution in [0.5, 0.6) is 0 Å². The Hall–Kier alpha value is -2.06. The van der Waals surface area contributed by atoms with Crippen molar-refractivity contribution in [2.75, 3.05) is 11.1 Å². The highest BCUT2D eigenvalue weighted by molar-refractivity contribution is 7.12. The summed E-state index contributed by atoms with van der Waals surface area (Å²) in [4.78, 5) is 6.75. The van der Waals surface area contributed by atoms with Crippen LogP contribution in [0.4, 0.5) is 11.5 Å². The molecule has 3 N–H and O–H groups in total. The molecule has 0 amide bonds. The summed E-state index contributed by atoms with van der Waals surface area (Å²) < 4.78 is 0. The maximum atomic E-state index is 8.73. The summed E-state index contributed by atoms with van der Waals surface area (Å²) in [7, 11) is 0. The zero-order chi connectivity index (χ0) is 13.0. The fraction of sp³-hybridized carbons (Fsp3) is 0.231. The number of nitrogens with zero attached hydrogens (tertiary/aromatic N) is 2. The number of anilines is 2. The van der Waals surface area contributed by atoms with Crippen LogP contribution in [0.25, 0.3) is 0 Å². The van der Waals surface area contributed by atoms with Crippen molar-refractivity contribution >= 4 is 22.8 Å². The molecule has 2 rings (SSSR count). The van der Waals surface area contributed by atoms with Gasteiger partial charge in [0.2, 0.25) is 0 Å². The predicted molar refractivity (Wildman–Crippen MR) is 74.4 cm³/mol. The Morgan fingerprint density at radius 2 is 2.22 bits per heavy atom. The molecule has 0 unspecified atom stereocenters. The van der Waals surface area contributed by atoms with Gasteiger partial charge in [-0.15, -0.1) is 11.3 Å². The predicted octanol–water partition coefficient (Wildman–Crippen LogP) is 2.77. The van der Waals surface area contributed by atoms with E-state index in [1.807, 2.05) is 6.07 Å². The van der Waals surface area contributed by atoms with Gasteiger partial charge in [-0.05, 0) is 24.6 Å². The fourth-order valence-corrected chi connectivity index (χ4v) is 2.47. The number of nitriles is 1. The highest BCUT2D eigenvalue weighted by atomic mass is 32.1. The number of aromatic nitrogens is 1. The third-order valence-electron chi connectivity index (χ3n) is 2.54. The number of rotatable bonds is 4. The number of nitrogens with two attached hydrogens (primary N) is 1. The molecule has 5 heteroatoms. The third-order valence-corrected chi connectivity index (χ3v) is 3.77. The van der Waals surface area contributed by atoms with Crippen LogP contribution < -0.4 is 11.1 Å². The molecule has 0 spiro atoms. The molecule has 2 aromatic heterocycles. The lowest BCUT2D eigenvalue weighted by molar-refractivity contribution is 1.14. The zero-order valence-corrected chi connectivity index (χ0v) is 10.9. The monoisotopic (exact) mass is 258 g/mol. The van der Waals surface area contributed by atoms with Gasteiger partial charge in [0.15, 0.2) is 0 Å². The SMILES string of the molecule is CCc1ccc(CNc2ncc(C#N)cc2N)s1. The molecule has 2 heterocycles. The second-order valence-corrected chi connectivity index (χ2v) is 5.10. The van der Waals surface area contributed by atoms with Gasteiger partial charge in [0.05, 0.1) is 17.8 Å². The fourth-order valence-electron chi connectivity index (χ4n) is 1.57. The molecule has 0 radical (unpaired) electrons. The van der Waals surface area contributed by atoms with Gasteiger partial charge in [-0.1, -0.05) is 6.92 Å². The van der Waals surface area contributed by atoms with Gasteiger partial charge in [-0.2, -0.15) is 5.26 Å². The van der Waals surface area contributed by atoms with Gasteiger partial charge in [0.25, 0.3) is 0 Å². The summed E-state index contributed by atoms with van der Waals surface area (Å²) in [6.45, 7) is 2.84. The van der Waals surface area contributed by atoms with E-state index in [2.05, 4.69) is 29.4 Å². The average molecular weight is 258 g/mol. The van der Waals surface area contributed by atoms with Gasteiger partial charge in [-0.25, -0.2) is 4.98 Å². The lowest BCUT2D eigenvalue weighted by Crippen LogP contribution is -2.03. The number of aryl methyl sites for hydroxylation is 1. The van der Waals surface area contributed by atoms with E-state index in [0.717, 1.165) is 6.42 Å². The van der Waals surface area contributed by atoms with E-state index in [1.165, 1.54) is 16.0 Å². The van der Waals surface area contributed by atoms with Crippen molar-refractivity contribution in [3.63, 3.8) is 0 Å².